The number of rotatable bonds is 6. The van der Waals surface area contributed by atoms with Gasteiger partial charge in [0.15, 0.2) is 11.5 Å². The third-order valence-electron chi connectivity index (χ3n) is 5.13. The predicted molar refractivity (Wildman–Crippen MR) is 122 cm³/mol. The Labute approximate surface area is 193 Å². The Morgan fingerprint density at radius 2 is 1.94 bits per heavy atom. The van der Waals surface area contributed by atoms with Crippen LogP contribution < -0.4 is 15.4 Å². The molecule has 4 aromatic rings. The highest BCUT2D eigenvalue weighted by molar-refractivity contribution is 6.32. The zero-order valence-corrected chi connectivity index (χ0v) is 18.6. The SMILES string of the molecule is Cc1cc(C(=O)Nc2ccc(Cl)c(Oc3ccc4nc(NC(=O)C5CC5)cn4n3)c2)n(C)n1. The van der Waals surface area contributed by atoms with Gasteiger partial charge in [0, 0.05) is 30.8 Å². The Morgan fingerprint density at radius 1 is 1.12 bits per heavy atom. The van der Waals surface area contributed by atoms with Gasteiger partial charge in [-0.05, 0) is 44.0 Å². The van der Waals surface area contributed by atoms with Crippen molar-refractivity contribution in [2.75, 3.05) is 10.6 Å². The molecule has 3 heterocycles. The molecule has 33 heavy (non-hydrogen) atoms. The van der Waals surface area contributed by atoms with Crippen LogP contribution in [-0.4, -0.2) is 36.2 Å². The van der Waals surface area contributed by atoms with E-state index in [0.29, 0.717) is 33.6 Å². The van der Waals surface area contributed by atoms with E-state index in [1.807, 2.05) is 6.92 Å². The second-order valence-corrected chi connectivity index (χ2v) is 8.27. The highest BCUT2D eigenvalue weighted by Crippen LogP contribution is 2.32. The normalized spacial score (nSPS) is 13.2. The highest BCUT2D eigenvalue weighted by atomic mass is 35.5. The van der Waals surface area contributed by atoms with Crippen LogP contribution in [0.3, 0.4) is 0 Å². The van der Waals surface area contributed by atoms with Crippen molar-refractivity contribution in [3.05, 3.63) is 59.0 Å². The van der Waals surface area contributed by atoms with Gasteiger partial charge in [0.05, 0.1) is 16.9 Å². The summed E-state index contributed by atoms with van der Waals surface area (Å²) in [5.74, 6) is 0.785. The van der Waals surface area contributed by atoms with Crippen molar-refractivity contribution in [1.29, 1.82) is 0 Å². The summed E-state index contributed by atoms with van der Waals surface area (Å²) in [6.07, 6.45) is 3.45. The molecule has 0 atom stereocenters. The topological polar surface area (TPSA) is 115 Å². The standard InChI is InChI=1S/C22H20ClN7O3/c1-12-9-16(29(2)27-12)22(32)24-14-5-6-15(23)17(10-14)33-20-8-7-19-25-18(11-30(19)28-20)26-21(31)13-3-4-13/h5-11,13H,3-4H2,1-2H3,(H,24,32)(H,26,31). The highest BCUT2D eigenvalue weighted by Gasteiger charge is 2.30. The van der Waals surface area contributed by atoms with Gasteiger partial charge in [-0.2, -0.15) is 5.10 Å². The lowest BCUT2D eigenvalue weighted by Gasteiger charge is -2.10. The van der Waals surface area contributed by atoms with Gasteiger partial charge in [-0.3, -0.25) is 14.3 Å². The van der Waals surface area contributed by atoms with E-state index in [2.05, 4.69) is 25.8 Å². The number of aromatic nitrogens is 5. The number of hydrogen-bond donors (Lipinski definition) is 2. The van der Waals surface area contributed by atoms with Gasteiger partial charge in [0.2, 0.25) is 11.8 Å². The first-order valence-corrected chi connectivity index (χ1v) is 10.7. The summed E-state index contributed by atoms with van der Waals surface area (Å²) in [5, 5.41) is 14.5. The van der Waals surface area contributed by atoms with E-state index in [0.717, 1.165) is 18.5 Å². The molecule has 3 aromatic heterocycles. The first kappa shape index (κ1) is 21.0. The van der Waals surface area contributed by atoms with E-state index in [1.54, 1.807) is 49.6 Å². The first-order valence-electron chi connectivity index (χ1n) is 10.3. The van der Waals surface area contributed by atoms with Crippen LogP contribution in [0, 0.1) is 12.8 Å². The summed E-state index contributed by atoms with van der Waals surface area (Å²) < 4.78 is 8.90. The number of nitrogens with one attached hydrogen (secondary N) is 2. The minimum Gasteiger partial charge on any atom is -0.436 e. The van der Waals surface area contributed by atoms with Gasteiger partial charge in [0.25, 0.3) is 5.91 Å². The number of carbonyl (C=O) groups is 2. The number of amides is 2. The molecule has 0 unspecified atom stereocenters. The second kappa shape index (κ2) is 8.21. The summed E-state index contributed by atoms with van der Waals surface area (Å²) in [5.41, 5.74) is 2.25. The van der Waals surface area contributed by atoms with Crippen LogP contribution in [0.25, 0.3) is 5.65 Å². The van der Waals surface area contributed by atoms with Crippen LogP contribution in [0.15, 0.2) is 42.6 Å². The molecular formula is C22H20ClN7O3. The third-order valence-corrected chi connectivity index (χ3v) is 5.45. The number of imidazole rings is 1. The number of nitrogens with zero attached hydrogens (tertiary/aromatic N) is 5. The fourth-order valence-electron chi connectivity index (χ4n) is 3.34. The quantitative estimate of drug-likeness (QED) is 0.447. The fourth-order valence-corrected chi connectivity index (χ4v) is 3.50. The molecule has 5 rings (SSSR count). The van der Waals surface area contributed by atoms with E-state index in [4.69, 9.17) is 16.3 Å². The van der Waals surface area contributed by atoms with E-state index in [9.17, 15) is 9.59 Å². The number of hydrogen-bond acceptors (Lipinski definition) is 6. The average molecular weight is 466 g/mol. The zero-order chi connectivity index (χ0) is 23.1. The van der Waals surface area contributed by atoms with Crippen molar-refractivity contribution in [3.63, 3.8) is 0 Å². The lowest BCUT2D eigenvalue weighted by atomic mass is 10.2. The minimum absolute atomic E-state index is 0.0261. The minimum atomic E-state index is -0.301. The number of aryl methyl sites for hydroxylation is 2. The van der Waals surface area contributed by atoms with Crippen molar-refractivity contribution < 1.29 is 14.3 Å². The number of fused-ring (bicyclic) bond motifs is 1. The average Bonchev–Trinajstić information content (AvgIpc) is 3.46. The molecule has 10 nitrogen and oxygen atoms in total. The summed E-state index contributed by atoms with van der Waals surface area (Å²) >= 11 is 6.30. The Bertz CT molecular complexity index is 1390. The van der Waals surface area contributed by atoms with E-state index < -0.39 is 0 Å². The Morgan fingerprint density at radius 3 is 2.67 bits per heavy atom. The Hall–Kier alpha value is -3.92. The molecule has 1 fully saturated rings. The Balaban J connectivity index is 1.33. The summed E-state index contributed by atoms with van der Waals surface area (Å²) in [6, 6.07) is 9.99. The van der Waals surface area contributed by atoms with Crippen LogP contribution in [-0.2, 0) is 11.8 Å². The van der Waals surface area contributed by atoms with Gasteiger partial charge in [-0.15, -0.1) is 5.10 Å². The molecule has 0 aliphatic heterocycles. The number of carbonyl (C=O) groups excluding carboxylic acids is 2. The molecule has 2 N–H and O–H groups in total. The first-order chi connectivity index (χ1) is 15.9. The fraction of sp³-hybridized carbons (Fsp3) is 0.227. The van der Waals surface area contributed by atoms with Crippen LogP contribution in [0.5, 0.6) is 11.6 Å². The largest absolute Gasteiger partial charge is 0.436 e. The maximum absolute atomic E-state index is 12.6. The van der Waals surface area contributed by atoms with Crippen LogP contribution in [0.1, 0.15) is 29.0 Å². The van der Waals surface area contributed by atoms with Crippen LogP contribution >= 0.6 is 11.6 Å². The summed E-state index contributed by atoms with van der Waals surface area (Å²) in [4.78, 5) is 28.9. The van der Waals surface area contributed by atoms with Crippen LogP contribution in [0.2, 0.25) is 5.02 Å². The van der Waals surface area contributed by atoms with Gasteiger partial charge in [0.1, 0.15) is 11.4 Å². The number of ether oxygens (including phenoxy) is 1. The molecule has 0 bridgehead atoms. The predicted octanol–water partition coefficient (Wildman–Crippen LogP) is 3.82. The van der Waals surface area contributed by atoms with Gasteiger partial charge < -0.3 is 15.4 Å². The molecular weight excluding hydrogens is 446 g/mol. The van der Waals surface area contributed by atoms with E-state index in [1.165, 1.54) is 9.20 Å². The summed E-state index contributed by atoms with van der Waals surface area (Å²) in [7, 11) is 1.71. The third kappa shape index (κ3) is 4.51. The zero-order valence-electron chi connectivity index (χ0n) is 17.9. The van der Waals surface area contributed by atoms with E-state index >= 15 is 0 Å². The monoisotopic (exact) mass is 465 g/mol. The van der Waals surface area contributed by atoms with Crippen molar-refractivity contribution in [3.8, 4) is 11.6 Å². The van der Waals surface area contributed by atoms with Crippen LogP contribution in [0.4, 0.5) is 11.5 Å². The van der Waals surface area contributed by atoms with Gasteiger partial charge >= 0.3 is 0 Å². The second-order valence-electron chi connectivity index (χ2n) is 7.86. The molecule has 2 amide bonds. The maximum Gasteiger partial charge on any atom is 0.273 e. The lowest BCUT2D eigenvalue weighted by Crippen LogP contribution is -2.16. The maximum atomic E-state index is 12.6. The Kier molecular flexibility index (Phi) is 5.21. The smallest absolute Gasteiger partial charge is 0.273 e. The molecule has 1 aliphatic rings. The molecule has 0 saturated heterocycles. The van der Waals surface area contributed by atoms with Gasteiger partial charge in [-0.25, -0.2) is 9.50 Å². The molecule has 11 heteroatoms. The van der Waals surface area contributed by atoms with Crippen molar-refractivity contribution in [2.45, 2.75) is 19.8 Å². The lowest BCUT2D eigenvalue weighted by molar-refractivity contribution is -0.117. The van der Waals surface area contributed by atoms with Gasteiger partial charge in [-0.1, -0.05) is 11.6 Å². The number of anilines is 2. The summed E-state index contributed by atoms with van der Waals surface area (Å²) in [6.45, 7) is 1.82. The number of benzene rings is 1. The van der Waals surface area contributed by atoms with Crippen molar-refractivity contribution in [2.24, 2.45) is 13.0 Å². The molecule has 0 radical (unpaired) electrons. The molecule has 168 valence electrons. The molecule has 1 aliphatic carbocycles. The van der Waals surface area contributed by atoms with Crippen molar-refractivity contribution in [1.82, 2.24) is 24.4 Å². The van der Waals surface area contributed by atoms with Crippen molar-refractivity contribution >= 4 is 40.6 Å². The molecule has 0 spiro atoms. The molecule has 1 saturated carbocycles. The number of halogens is 1. The van der Waals surface area contributed by atoms with E-state index in [-0.39, 0.29) is 23.6 Å². The molecule has 1 aromatic carbocycles.